The van der Waals surface area contributed by atoms with E-state index in [2.05, 4.69) is 24.5 Å². The van der Waals surface area contributed by atoms with Crippen LogP contribution in [0.4, 0.5) is 4.79 Å². The Labute approximate surface area is 68.6 Å². The van der Waals surface area contributed by atoms with Crippen molar-refractivity contribution >= 4 is 6.03 Å². The quantitative estimate of drug-likeness (QED) is 0.596. The Bertz CT molecular complexity index is 113. The molecule has 2 amide bonds. The second kappa shape index (κ2) is 6.01. The molecule has 0 radical (unpaired) electrons. The van der Waals surface area contributed by atoms with E-state index in [1.54, 1.807) is 7.05 Å². The van der Waals surface area contributed by atoms with Gasteiger partial charge in [-0.1, -0.05) is 13.8 Å². The lowest BCUT2D eigenvalue weighted by Gasteiger charge is -2.05. The summed E-state index contributed by atoms with van der Waals surface area (Å²) in [5.41, 5.74) is 0. The van der Waals surface area contributed by atoms with Crippen LogP contribution in [0.15, 0.2) is 0 Å². The maximum absolute atomic E-state index is 10.6. The number of amides is 2. The van der Waals surface area contributed by atoms with Gasteiger partial charge in [0.15, 0.2) is 0 Å². The van der Waals surface area contributed by atoms with Crippen LogP contribution in [-0.4, -0.2) is 19.6 Å². The molecule has 0 spiro atoms. The normalized spacial score (nSPS) is 9.82. The number of nitrogens with one attached hydrogen (secondary N) is 2. The fourth-order valence-corrected chi connectivity index (χ4v) is 0.801. The fraction of sp³-hybridized carbons (Fsp3) is 0.875. The topological polar surface area (TPSA) is 41.1 Å². The van der Waals surface area contributed by atoms with E-state index in [1.807, 2.05) is 0 Å². The molecule has 0 aliphatic rings. The van der Waals surface area contributed by atoms with Crippen LogP contribution >= 0.6 is 0 Å². The van der Waals surface area contributed by atoms with E-state index in [0.29, 0.717) is 0 Å². The zero-order valence-corrected chi connectivity index (χ0v) is 7.61. The number of hydrogen-bond acceptors (Lipinski definition) is 1. The Morgan fingerprint density at radius 1 is 1.45 bits per heavy atom. The first kappa shape index (κ1) is 10.3. The van der Waals surface area contributed by atoms with Gasteiger partial charge in [0.1, 0.15) is 0 Å². The first-order valence-corrected chi connectivity index (χ1v) is 4.12. The first-order valence-electron chi connectivity index (χ1n) is 4.12. The third-order valence-electron chi connectivity index (χ3n) is 1.47. The molecule has 0 rings (SSSR count). The highest BCUT2D eigenvalue weighted by Crippen LogP contribution is 2.01. The van der Waals surface area contributed by atoms with Crippen molar-refractivity contribution in [1.82, 2.24) is 10.6 Å². The van der Waals surface area contributed by atoms with Crippen LogP contribution in [0.25, 0.3) is 0 Å². The van der Waals surface area contributed by atoms with Gasteiger partial charge < -0.3 is 10.6 Å². The van der Waals surface area contributed by atoms with Crippen molar-refractivity contribution < 1.29 is 4.79 Å². The predicted octanol–water partition coefficient (Wildman–Crippen LogP) is 1.35. The number of urea groups is 1. The molecule has 0 heterocycles. The molecule has 2 N–H and O–H groups in total. The maximum Gasteiger partial charge on any atom is 0.314 e. The van der Waals surface area contributed by atoms with Gasteiger partial charge in [0, 0.05) is 13.6 Å². The van der Waals surface area contributed by atoms with E-state index in [4.69, 9.17) is 0 Å². The van der Waals surface area contributed by atoms with E-state index in [-0.39, 0.29) is 6.03 Å². The highest BCUT2D eigenvalue weighted by Gasteiger charge is 1.95. The molecule has 0 aliphatic heterocycles. The standard InChI is InChI=1S/C8H18N2O/c1-7(2)5-4-6-10-8(11)9-3/h7H,4-6H2,1-3H3,(H2,9,10,11). The molecule has 0 bridgehead atoms. The van der Waals surface area contributed by atoms with Crippen molar-refractivity contribution in [2.75, 3.05) is 13.6 Å². The van der Waals surface area contributed by atoms with Crippen molar-refractivity contribution in [1.29, 1.82) is 0 Å². The van der Waals surface area contributed by atoms with Gasteiger partial charge in [0.05, 0.1) is 0 Å². The van der Waals surface area contributed by atoms with E-state index in [1.165, 1.54) is 6.42 Å². The van der Waals surface area contributed by atoms with Crippen molar-refractivity contribution in [3.8, 4) is 0 Å². The lowest BCUT2D eigenvalue weighted by atomic mass is 10.1. The van der Waals surface area contributed by atoms with Gasteiger partial charge in [-0.2, -0.15) is 0 Å². The third-order valence-corrected chi connectivity index (χ3v) is 1.47. The number of carbonyl (C=O) groups is 1. The molecule has 66 valence electrons. The average Bonchev–Trinajstić information content (AvgIpc) is 1.97. The Balaban J connectivity index is 3.08. The van der Waals surface area contributed by atoms with Gasteiger partial charge in [-0.15, -0.1) is 0 Å². The summed E-state index contributed by atoms with van der Waals surface area (Å²) in [6.45, 7) is 5.14. The van der Waals surface area contributed by atoms with Crippen LogP contribution in [0.5, 0.6) is 0 Å². The van der Waals surface area contributed by atoms with Crippen molar-refractivity contribution in [2.45, 2.75) is 26.7 Å². The molecule has 11 heavy (non-hydrogen) atoms. The number of carbonyl (C=O) groups excluding carboxylic acids is 1. The SMILES string of the molecule is CNC(=O)NCCCC(C)C. The molecule has 0 fully saturated rings. The maximum atomic E-state index is 10.6. The lowest BCUT2D eigenvalue weighted by Crippen LogP contribution is -2.33. The summed E-state index contributed by atoms with van der Waals surface area (Å²) < 4.78 is 0. The van der Waals surface area contributed by atoms with Crippen LogP contribution in [0.3, 0.4) is 0 Å². The second-order valence-corrected chi connectivity index (χ2v) is 3.04. The number of hydrogen-bond donors (Lipinski definition) is 2. The van der Waals surface area contributed by atoms with E-state index < -0.39 is 0 Å². The average molecular weight is 158 g/mol. The molecule has 0 aliphatic carbocycles. The molecule has 3 heteroatoms. The Morgan fingerprint density at radius 3 is 2.55 bits per heavy atom. The highest BCUT2D eigenvalue weighted by molar-refractivity contribution is 5.73. The van der Waals surface area contributed by atoms with Crippen molar-refractivity contribution in [3.05, 3.63) is 0 Å². The van der Waals surface area contributed by atoms with Crippen LogP contribution in [0.2, 0.25) is 0 Å². The van der Waals surface area contributed by atoms with E-state index in [0.717, 1.165) is 18.9 Å². The number of rotatable bonds is 4. The minimum absolute atomic E-state index is 0.0891. The fourth-order valence-electron chi connectivity index (χ4n) is 0.801. The van der Waals surface area contributed by atoms with Gasteiger partial charge in [-0.3, -0.25) is 0 Å². The predicted molar refractivity (Wildman–Crippen MR) is 46.5 cm³/mol. The summed E-state index contributed by atoms with van der Waals surface area (Å²) >= 11 is 0. The van der Waals surface area contributed by atoms with Gasteiger partial charge in [0.2, 0.25) is 0 Å². The third kappa shape index (κ3) is 7.16. The molecule has 0 saturated heterocycles. The summed E-state index contributed by atoms with van der Waals surface area (Å²) in [7, 11) is 1.62. The lowest BCUT2D eigenvalue weighted by molar-refractivity contribution is 0.242. The zero-order valence-electron chi connectivity index (χ0n) is 7.61. The highest BCUT2D eigenvalue weighted by atomic mass is 16.2. The van der Waals surface area contributed by atoms with Crippen molar-refractivity contribution in [3.63, 3.8) is 0 Å². The molecule has 0 unspecified atom stereocenters. The van der Waals surface area contributed by atoms with Gasteiger partial charge in [-0.05, 0) is 18.8 Å². The Kier molecular flexibility index (Phi) is 5.61. The first-order chi connectivity index (χ1) is 5.16. The summed E-state index contributed by atoms with van der Waals surface area (Å²) in [5, 5.41) is 5.24. The molecule has 0 aromatic carbocycles. The summed E-state index contributed by atoms with van der Waals surface area (Å²) in [4.78, 5) is 10.6. The largest absolute Gasteiger partial charge is 0.341 e. The van der Waals surface area contributed by atoms with E-state index in [9.17, 15) is 4.79 Å². The van der Waals surface area contributed by atoms with Crippen LogP contribution in [-0.2, 0) is 0 Å². The molecule has 0 aromatic heterocycles. The minimum Gasteiger partial charge on any atom is -0.341 e. The second-order valence-electron chi connectivity index (χ2n) is 3.04. The smallest absolute Gasteiger partial charge is 0.314 e. The summed E-state index contributed by atoms with van der Waals surface area (Å²) in [6.07, 6.45) is 2.23. The molecular formula is C8H18N2O. The zero-order chi connectivity index (χ0) is 8.69. The van der Waals surface area contributed by atoms with Crippen molar-refractivity contribution in [2.24, 2.45) is 5.92 Å². The Hall–Kier alpha value is -0.730. The van der Waals surface area contributed by atoms with Crippen LogP contribution < -0.4 is 10.6 Å². The van der Waals surface area contributed by atoms with Crippen LogP contribution in [0, 0.1) is 5.92 Å². The molecule has 0 atom stereocenters. The molecule has 0 saturated carbocycles. The monoisotopic (exact) mass is 158 g/mol. The van der Waals surface area contributed by atoms with E-state index >= 15 is 0 Å². The molecular weight excluding hydrogens is 140 g/mol. The van der Waals surface area contributed by atoms with Gasteiger partial charge in [-0.25, -0.2) is 4.79 Å². The molecule has 3 nitrogen and oxygen atoms in total. The summed E-state index contributed by atoms with van der Waals surface area (Å²) in [6, 6.07) is -0.0891. The Morgan fingerprint density at radius 2 is 2.09 bits per heavy atom. The van der Waals surface area contributed by atoms with Gasteiger partial charge >= 0.3 is 6.03 Å². The summed E-state index contributed by atoms with van der Waals surface area (Å²) in [5.74, 6) is 0.724. The van der Waals surface area contributed by atoms with Gasteiger partial charge in [0.25, 0.3) is 0 Å². The minimum atomic E-state index is -0.0891. The molecule has 0 aromatic rings. The van der Waals surface area contributed by atoms with Crippen LogP contribution in [0.1, 0.15) is 26.7 Å².